The molecule has 0 aliphatic heterocycles. The Morgan fingerprint density at radius 2 is 2.05 bits per heavy atom. The quantitative estimate of drug-likeness (QED) is 0.916. The second-order valence-corrected chi connectivity index (χ2v) is 5.68. The minimum atomic E-state index is 0.147. The van der Waals surface area contributed by atoms with Crippen molar-refractivity contribution in [2.24, 2.45) is 5.73 Å². The molecule has 2 nitrogen and oxygen atoms in total. The summed E-state index contributed by atoms with van der Waals surface area (Å²) in [6.07, 6.45) is 3.24. The molecule has 0 fully saturated rings. The predicted octanol–water partition coefficient (Wildman–Crippen LogP) is 4.26. The number of fused-ring (bicyclic) bond motifs is 1. The summed E-state index contributed by atoms with van der Waals surface area (Å²) in [6, 6.07) is 14.1. The Bertz CT molecular complexity index is 612. The van der Waals surface area contributed by atoms with Crippen molar-refractivity contribution in [1.29, 1.82) is 0 Å². The first kappa shape index (κ1) is 13.5. The Labute approximate surface area is 124 Å². The molecule has 3 rings (SSSR count). The lowest BCUT2D eigenvalue weighted by Gasteiger charge is -2.24. The molecule has 0 heterocycles. The van der Waals surface area contributed by atoms with Gasteiger partial charge in [0.05, 0.1) is 0 Å². The van der Waals surface area contributed by atoms with Gasteiger partial charge in [0.1, 0.15) is 12.4 Å². The Morgan fingerprint density at radius 1 is 1.20 bits per heavy atom. The van der Waals surface area contributed by atoms with Gasteiger partial charge in [-0.15, -0.1) is 0 Å². The van der Waals surface area contributed by atoms with E-state index in [1.807, 2.05) is 36.4 Å². The first-order chi connectivity index (χ1) is 9.74. The van der Waals surface area contributed by atoms with Gasteiger partial charge in [-0.3, -0.25) is 0 Å². The summed E-state index contributed by atoms with van der Waals surface area (Å²) in [5.41, 5.74) is 9.76. The summed E-state index contributed by atoms with van der Waals surface area (Å²) in [4.78, 5) is 0. The smallest absolute Gasteiger partial charge is 0.123 e. The van der Waals surface area contributed by atoms with Crippen molar-refractivity contribution in [1.82, 2.24) is 0 Å². The number of halogens is 1. The summed E-state index contributed by atoms with van der Waals surface area (Å²) in [5.74, 6) is 0.956. The fourth-order valence-corrected chi connectivity index (χ4v) is 2.99. The summed E-state index contributed by atoms with van der Waals surface area (Å²) >= 11 is 5.99. The van der Waals surface area contributed by atoms with E-state index in [1.165, 1.54) is 11.1 Å². The van der Waals surface area contributed by atoms with E-state index in [0.29, 0.717) is 6.61 Å². The zero-order chi connectivity index (χ0) is 13.9. The van der Waals surface area contributed by atoms with Crippen molar-refractivity contribution in [3.8, 4) is 5.75 Å². The zero-order valence-electron chi connectivity index (χ0n) is 11.3. The summed E-state index contributed by atoms with van der Waals surface area (Å²) in [6.45, 7) is 0.534. The molecule has 1 aliphatic rings. The second kappa shape index (κ2) is 5.86. The van der Waals surface area contributed by atoms with Crippen LogP contribution in [0, 0.1) is 0 Å². The molecule has 0 bridgehead atoms. The molecule has 0 radical (unpaired) electrons. The van der Waals surface area contributed by atoms with E-state index in [4.69, 9.17) is 22.1 Å². The Kier molecular flexibility index (Phi) is 3.95. The first-order valence-corrected chi connectivity index (χ1v) is 7.36. The van der Waals surface area contributed by atoms with E-state index in [9.17, 15) is 0 Å². The highest BCUT2D eigenvalue weighted by Gasteiger charge is 2.19. The van der Waals surface area contributed by atoms with Crippen molar-refractivity contribution >= 4 is 11.6 Å². The molecule has 0 spiro atoms. The van der Waals surface area contributed by atoms with Crippen LogP contribution in [-0.2, 0) is 13.0 Å². The lowest BCUT2D eigenvalue weighted by molar-refractivity contribution is 0.300. The minimum Gasteiger partial charge on any atom is -0.489 e. The zero-order valence-corrected chi connectivity index (χ0v) is 12.1. The third-order valence-corrected chi connectivity index (χ3v) is 4.03. The van der Waals surface area contributed by atoms with Crippen LogP contribution in [0.25, 0.3) is 0 Å². The molecule has 2 N–H and O–H groups in total. The standard InChI is InChI=1S/C17H18ClNO/c18-13-5-1-4-12(10-13)11-20-17-9-3-6-14-15(17)7-2-8-16(14)19/h1,3-6,9-10,16H,2,7-8,11,19H2. The van der Waals surface area contributed by atoms with E-state index in [1.54, 1.807) is 0 Å². The van der Waals surface area contributed by atoms with Gasteiger partial charge in [-0.1, -0.05) is 35.9 Å². The van der Waals surface area contributed by atoms with Crippen LogP contribution in [0.1, 0.15) is 35.6 Å². The normalized spacial score (nSPS) is 17.6. The topological polar surface area (TPSA) is 35.2 Å². The maximum atomic E-state index is 6.17. The van der Waals surface area contributed by atoms with Crippen LogP contribution in [0.5, 0.6) is 5.75 Å². The number of ether oxygens (including phenoxy) is 1. The molecule has 1 unspecified atom stereocenters. The SMILES string of the molecule is NC1CCCc2c(OCc3cccc(Cl)c3)cccc21. The number of hydrogen-bond donors (Lipinski definition) is 1. The number of nitrogens with two attached hydrogens (primary N) is 1. The van der Waals surface area contributed by atoms with Gasteiger partial charge < -0.3 is 10.5 Å². The Morgan fingerprint density at radius 3 is 2.90 bits per heavy atom. The van der Waals surface area contributed by atoms with Crippen molar-refractivity contribution in [3.05, 3.63) is 64.2 Å². The second-order valence-electron chi connectivity index (χ2n) is 5.24. The monoisotopic (exact) mass is 287 g/mol. The van der Waals surface area contributed by atoms with Gasteiger partial charge in [-0.2, -0.15) is 0 Å². The van der Waals surface area contributed by atoms with E-state index in [0.717, 1.165) is 35.6 Å². The molecule has 3 heteroatoms. The average Bonchev–Trinajstić information content (AvgIpc) is 2.46. The Balaban J connectivity index is 1.80. The van der Waals surface area contributed by atoms with E-state index >= 15 is 0 Å². The fourth-order valence-electron chi connectivity index (χ4n) is 2.77. The third kappa shape index (κ3) is 2.82. The van der Waals surface area contributed by atoms with Crippen LogP contribution in [-0.4, -0.2) is 0 Å². The van der Waals surface area contributed by atoms with Crippen LogP contribution in [0.15, 0.2) is 42.5 Å². The molecule has 20 heavy (non-hydrogen) atoms. The van der Waals surface area contributed by atoms with Gasteiger partial charge in [0.15, 0.2) is 0 Å². The van der Waals surface area contributed by atoms with Gasteiger partial charge in [0.2, 0.25) is 0 Å². The van der Waals surface area contributed by atoms with Crippen LogP contribution in [0.4, 0.5) is 0 Å². The van der Waals surface area contributed by atoms with Gasteiger partial charge in [0, 0.05) is 11.1 Å². The highest BCUT2D eigenvalue weighted by atomic mass is 35.5. The number of benzene rings is 2. The van der Waals surface area contributed by atoms with Gasteiger partial charge >= 0.3 is 0 Å². The van der Waals surface area contributed by atoms with E-state index < -0.39 is 0 Å². The lowest BCUT2D eigenvalue weighted by atomic mass is 9.87. The molecule has 0 saturated heterocycles. The maximum absolute atomic E-state index is 6.17. The van der Waals surface area contributed by atoms with Crippen molar-refractivity contribution in [2.45, 2.75) is 31.9 Å². The van der Waals surface area contributed by atoms with Crippen LogP contribution in [0.3, 0.4) is 0 Å². The van der Waals surface area contributed by atoms with Crippen LogP contribution in [0.2, 0.25) is 5.02 Å². The van der Waals surface area contributed by atoms with E-state index in [-0.39, 0.29) is 6.04 Å². The molecule has 0 aromatic heterocycles. The minimum absolute atomic E-state index is 0.147. The van der Waals surface area contributed by atoms with Crippen molar-refractivity contribution in [3.63, 3.8) is 0 Å². The van der Waals surface area contributed by atoms with Crippen LogP contribution >= 0.6 is 11.6 Å². The first-order valence-electron chi connectivity index (χ1n) is 6.98. The molecule has 104 valence electrons. The van der Waals surface area contributed by atoms with Crippen LogP contribution < -0.4 is 10.5 Å². The highest BCUT2D eigenvalue weighted by molar-refractivity contribution is 6.30. The summed E-state index contributed by atoms with van der Waals surface area (Å²) in [5, 5.41) is 0.739. The highest BCUT2D eigenvalue weighted by Crippen LogP contribution is 2.34. The number of hydrogen-bond acceptors (Lipinski definition) is 2. The molecular formula is C17H18ClNO. The average molecular weight is 288 g/mol. The largest absolute Gasteiger partial charge is 0.489 e. The molecule has 2 aromatic carbocycles. The van der Waals surface area contributed by atoms with Crippen molar-refractivity contribution < 1.29 is 4.74 Å². The molecular weight excluding hydrogens is 270 g/mol. The number of rotatable bonds is 3. The van der Waals surface area contributed by atoms with Gasteiger partial charge in [-0.25, -0.2) is 0 Å². The summed E-state index contributed by atoms with van der Waals surface area (Å²) in [7, 11) is 0. The molecule has 2 aromatic rings. The summed E-state index contributed by atoms with van der Waals surface area (Å²) < 4.78 is 5.98. The molecule has 0 saturated carbocycles. The van der Waals surface area contributed by atoms with Gasteiger partial charge in [0.25, 0.3) is 0 Å². The predicted molar refractivity (Wildman–Crippen MR) is 82.1 cm³/mol. The van der Waals surface area contributed by atoms with E-state index in [2.05, 4.69) is 6.07 Å². The maximum Gasteiger partial charge on any atom is 0.123 e. The van der Waals surface area contributed by atoms with Gasteiger partial charge in [-0.05, 0) is 54.2 Å². The Hall–Kier alpha value is -1.51. The van der Waals surface area contributed by atoms with Crippen molar-refractivity contribution in [2.75, 3.05) is 0 Å². The fraction of sp³-hybridized carbons (Fsp3) is 0.294. The lowest BCUT2D eigenvalue weighted by Crippen LogP contribution is -2.18. The third-order valence-electron chi connectivity index (χ3n) is 3.79. The molecule has 0 amide bonds. The molecule has 1 aliphatic carbocycles. The molecule has 1 atom stereocenters.